The predicted octanol–water partition coefficient (Wildman–Crippen LogP) is 6.03. The molecule has 5 nitrogen and oxygen atoms in total. The zero-order valence-electron chi connectivity index (χ0n) is 16.9. The first-order valence-electron chi connectivity index (χ1n) is 10.2. The number of aromatic amines is 2. The fourth-order valence-electron chi connectivity index (χ4n) is 3.94. The molecule has 0 unspecified atom stereocenters. The standard InChI is InChI=1S/C26H19N5/c1-16-10-11-27-25(12-16)26-23-8-6-21(30-23)14-19-4-2-17(28-19)13-18-3-5-20(29-18)15-22-7-9-24(26)31-22/h2-15,28-29H,1H3. The number of pyridine rings is 1. The number of hydrogen-bond acceptors (Lipinski definition) is 3. The van der Waals surface area contributed by atoms with E-state index in [2.05, 4.69) is 58.3 Å². The second kappa shape index (κ2) is 6.92. The van der Waals surface area contributed by atoms with Gasteiger partial charge in [-0.15, -0.1) is 0 Å². The van der Waals surface area contributed by atoms with E-state index in [1.807, 2.05) is 48.7 Å². The molecular weight excluding hydrogens is 382 g/mol. The molecule has 0 saturated heterocycles. The Morgan fingerprint density at radius 2 is 1.16 bits per heavy atom. The lowest BCUT2D eigenvalue weighted by molar-refractivity contribution is 1.23. The normalized spacial score (nSPS) is 12.4. The number of aromatic nitrogens is 5. The van der Waals surface area contributed by atoms with E-state index in [0.717, 1.165) is 61.7 Å². The molecular formula is C26H19N5. The summed E-state index contributed by atoms with van der Waals surface area (Å²) in [7, 11) is 0. The van der Waals surface area contributed by atoms with Gasteiger partial charge in [-0.2, -0.15) is 0 Å². The smallest absolute Gasteiger partial charge is 0.0753 e. The molecule has 2 aliphatic heterocycles. The van der Waals surface area contributed by atoms with E-state index >= 15 is 0 Å². The average molecular weight is 401 g/mol. The highest BCUT2D eigenvalue weighted by Crippen LogP contribution is 2.30. The average Bonchev–Trinajstić information content (AvgIpc) is 3.53. The summed E-state index contributed by atoms with van der Waals surface area (Å²) < 4.78 is 0. The van der Waals surface area contributed by atoms with Crippen LogP contribution < -0.4 is 0 Å². The van der Waals surface area contributed by atoms with Crippen molar-refractivity contribution in [2.24, 2.45) is 0 Å². The number of nitrogens with zero attached hydrogens (tertiary/aromatic N) is 3. The van der Waals surface area contributed by atoms with Gasteiger partial charge in [0.15, 0.2) is 0 Å². The molecule has 0 aromatic carbocycles. The molecule has 6 heterocycles. The van der Waals surface area contributed by atoms with Gasteiger partial charge >= 0.3 is 0 Å². The Hall–Kier alpha value is -4.25. The second-order valence-corrected chi connectivity index (χ2v) is 7.77. The molecule has 2 N–H and O–H groups in total. The van der Waals surface area contributed by atoms with Crippen LogP contribution in [-0.4, -0.2) is 24.9 Å². The molecule has 8 bridgehead atoms. The summed E-state index contributed by atoms with van der Waals surface area (Å²) in [6.07, 6.45) is 9.96. The number of H-pyrrole nitrogens is 2. The van der Waals surface area contributed by atoms with Gasteiger partial charge in [0.05, 0.1) is 34.0 Å². The highest BCUT2D eigenvalue weighted by Gasteiger charge is 2.15. The van der Waals surface area contributed by atoms with Gasteiger partial charge in [0.1, 0.15) is 0 Å². The Bertz CT molecular complexity index is 1460. The lowest BCUT2D eigenvalue weighted by atomic mass is 10.1. The Kier molecular flexibility index (Phi) is 3.93. The van der Waals surface area contributed by atoms with Crippen molar-refractivity contribution in [3.63, 3.8) is 0 Å². The zero-order valence-corrected chi connectivity index (χ0v) is 16.9. The van der Waals surface area contributed by atoms with Gasteiger partial charge in [0, 0.05) is 28.3 Å². The van der Waals surface area contributed by atoms with Crippen molar-refractivity contribution in [2.45, 2.75) is 6.92 Å². The summed E-state index contributed by atoms with van der Waals surface area (Å²) >= 11 is 0. The fourth-order valence-corrected chi connectivity index (χ4v) is 3.94. The van der Waals surface area contributed by atoms with Crippen molar-refractivity contribution < 1.29 is 0 Å². The first-order valence-corrected chi connectivity index (χ1v) is 10.2. The minimum atomic E-state index is 0.863. The van der Waals surface area contributed by atoms with Crippen molar-refractivity contribution >= 4 is 46.4 Å². The fraction of sp³-hybridized carbons (Fsp3) is 0.0385. The third kappa shape index (κ3) is 3.36. The molecule has 2 aliphatic rings. The van der Waals surface area contributed by atoms with Crippen molar-refractivity contribution in [3.8, 4) is 11.3 Å². The van der Waals surface area contributed by atoms with Gasteiger partial charge in [-0.1, -0.05) is 0 Å². The van der Waals surface area contributed by atoms with E-state index in [-0.39, 0.29) is 0 Å². The summed E-state index contributed by atoms with van der Waals surface area (Å²) in [6.45, 7) is 2.07. The van der Waals surface area contributed by atoms with Crippen LogP contribution in [0, 0.1) is 6.92 Å². The maximum Gasteiger partial charge on any atom is 0.0753 e. The van der Waals surface area contributed by atoms with Gasteiger partial charge in [-0.25, -0.2) is 9.97 Å². The zero-order chi connectivity index (χ0) is 20.8. The van der Waals surface area contributed by atoms with Crippen molar-refractivity contribution in [2.75, 3.05) is 0 Å². The second-order valence-electron chi connectivity index (χ2n) is 7.77. The van der Waals surface area contributed by atoms with Crippen LogP contribution in [0.1, 0.15) is 28.3 Å². The van der Waals surface area contributed by atoms with Crippen LogP contribution in [0.5, 0.6) is 0 Å². The van der Waals surface area contributed by atoms with E-state index in [9.17, 15) is 0 Å². The maximum absolute atomic E-state index is 4.89. The van der Waals surface area contributed by atoms with Crippen LogP contribution in [0.25, 0.3) is 57.6 Å². The molecule has 0 saturated carbocycles. The summed E-state index contributed by atoms with van der Waals surface area (Å²) in [5, 5.41) is 0. The molecule has 0 atom stereocenters. The molecule has 148 valence electrons. The number of aryl methyl sites for hydroxylation is 1. The minimum Gasteiger partial charge on any atom is -0.355 e. The van der Waals surface area contributed by atoms with E-state index in [1.54, 1.807) is 0 Å². The van der Waals surface area contributed by atoms with E-state index < -0.39 is 0 Å². The molecule has 4 aromatic rings. The number of fused-ring (bicyclic) bond motifs is 8. The Balaban J connectivity index is 1.72. The molecule has 31 heavy (non-hydrogen) atoms. The van der Waals surface area contributed by atoms with E-state index in [1.165, 1.54) is 0 Å². The highest BCUT2D eigenvalue weighted by molar-refractivity contribution is 5.88. The molecule has 0 aliphatic carbocycles. The van der Waals surface area contributed by atoms with Gasteiger partial charge in [-0.05, 0) is 91.4 Å². The Morgan fingerprint density at radius 1 is 0.613 bits per heavy atom. The van der Waals surface area contributed by atoms with Crippen LogP contribution in [0.3, 0.4) is 0 Å². The number of hydrogen-bond donors (Lipinski definition) is 2. The van der Waals surface area contributed by atoms with Crippen molar-refractivity contribution in [1.82, 2.24) is 24.9 Å². The summed E-state index contributed by atoms with van der Waals surface area (Å²) in [5.74, 6) is 0. The van der Waals surface area contributed by atoms with E-state index in [4.69, 9.17) is 9.97 Å². The monoisotopic (exact) mass is 401 g/mol. The van der Waals surface area contributed by atoms with Crippen molar-refractivity contribution in [1.29, 1.82) is 0 Å². The Labute approximate surface area is 178 Å². The van der Waals surface area contributed by atoms with Gasteiger partial charge in [0.25, 0.3) is 0 Å². The minimum absolute atomic E-state index is 0.863. The molecule has 6 rings (SSSR count). The topological polar surface area (TPSA) is 70.2 Å². The van der Waals surface area contributed by atoms with Gasteiger partial charge < -0.3 is 9.97 Å². The molecule has 0 fully saturated rings. The largest absolute Gasteiger partial charge is 0.355 e. The number of nitrogens with one attached hydrogen (secondary N) is 2. The molecule has 0 spiro atoms. The summed E-state index contributed by atoms with van der Waals surface area (Å²) in [6, 6.07) is 18.5. The van der Waals surface area contributed by atoms with Crippen LogP contribution in [-0.2, 0) is 0 Å². The molecule has 0 radical (unpaired) electrons. The first-order chi connectivity index (χ1) is 15.2. The summed E-state index contributed by atoms with van der Waals surface area (Å²) in [4.78, 5) is 21.3. The summed E-state index contributed by atoms with van der Waals surface area (Å²) in [5.41, 5.74) is 10.5. The lowest BCUT2D eigenvalue weighted by Gasteiger charge is -2.04. The first kappa shape index (κ1) is 17.6. The third-order valence-electron chi connectivity index (χ3n) is 5.39. The SMILES string of the molecule is Cc1ccnc(-c2c3nc(cc4ccc(cc5ccc(cc6nc2C=C6)[nH]5)[nH]4)C=C3)c1. The lowest BCUT2D eigenvalue weighted by Crippen LogP contribution is -1.92. The molecule has 4 aromatic heterocycles. The van der Waals surface area contributed by atoms with Crippen LogP contribution >= 0.6 is 0 Å². The predicted molar refractivity (Wildman–Crippen MR) is 127 cm³/mol. The Morgan fingerprint density at radius 3 is 1.71 bits per heavy atom. The van der Waals surface area contributed by atoms with E-state index in [0.29, 0.717) is 0 Å². The highest BCUT2D eigenvalue weighted by atomic mass is 14.8. The third-order valence-corrected chi connectivity index (χ3v) is 5.39. The molecule has 0 amide bonds. The van der Waals surface area contributed by atoms with Crippen molar-refractivity contribution in [3.05, 3.63) is 89.1 Å². The number of rotatable bonds is 1. The molecule has 5 heteroatoms. The van der Waals surface area contributed by atoms with Gasteiger partial charge in [-0.3, -0.25) is 4.98 Å². The maximum atomic E-state index is 4.89. The quantitative estimate of drug-likeness (QED) is 0.354. The van der Waals surface area contributed by atoms with Gasteiger partial charge in [0.2, 0.25) is 0 Å². The van der Waals surface area contributed by atoms with Crippen LogP contribution in [0.2, 0.25) is 0 Å². The van der Waals surface area contributed by atoms with Crippen LogP contribution in [0.4, 0.5) is 0 Å². The van der Waals surface area contributed by atoms with Crippen LogP contribution in [0.15, 0.2) is 60.8 Å².